The molecular formula is C15H8FN3O2S. The van der Waals surface area contributed by atoms with Gasteiger partial charge < -0.3 is 4.42 Å². The van der Waals surface area contributed by atoms with Crippen molar-refractivity contribution in [1.82, 2.24) is 14.6 Å². The smallest absolute Gasteiger partial charge is 0.291 e. The molecule has 0 fully saturated rings. The van der Waals surface area contributed by atoms with Crippen molar-refractivity contribution in [2.24, 2.45) is 0 Å². The van der Waals surface area contributed by atoms with Gasteiger partial charge in [-0.05, 0) is 35.9 Å². The molecule has 5 nitrogen and oxygen atoms in total. The monoisotopic (exact) mass is 313 g/mol. The van der Waals surface area contributed by atoms with E-state index >= 15 is 0 Å². The second-order valence-electron chi connectivity index (χ2n) is 4.58. The van der Waals surface area contributed by atoms with E-state index in [0.29, 0.717) is 26.6 Å². The zero-order valence-electron chi connectivity index (χ0n) is 11.1. The molecule has 7 heteroatoms. The van der Waals surface area contributed by atoms with Crippen LogP contribution in [0.25, 0.3) is 22.6 Å². The molecule has 0 amide bonds. The summed E-state index contributed by atoms with van der Waals surface area (Å²) in [6.45, 7) is 0. The first-order valence-corrected chi connectivity index (χ1v) is 7.23. The first-order valence-electron chi connectivity index (χ1n) is 6.41. The van der Waals surface area contributed by atoms with Crippen LogP contribution in [-0.4, -0.2) is 14.6 Å². The highest BCUT2D eigenvalue weighted by Crippen LogP contribution is 2.16. The molecule has 22 heavy (non-hydrogen) atoms. The third-order valence-electron chi connectivity index (χ3n) is 3.07. The Bertz CT molecular complexity index is 1070. The molecule has 0 aliphatic carbocycles. The molecule has 0 N–H and O–H groups in total. The number of hydrogen-bond donors (Lipinski definition) is 0. The molecule has 0 aliphatic heterocycles. The summed E-state index contributed by atoms with van der Waals surface area (Å²) in [6.07, 6.45) is 3.14. The average molecular weight is 313 g/mol. The maximum atomic E-state index is 13.2. The highest BCUT2D eigenvalue weighted by atomic mass is 32.1. The van der Waals surface area contributed by atoms with Gasteiger partial charge in [0, 0.05) is 0 Å². The van der Waals surface area contributed by atoms with Crippen LogP contribution < -0.4 is 10.1 Å². The molecule has 0 spiro atoms. The van der Waals surface area contributed by atoms with Crippen LogP contribution in [0.2, 0.25) is 0 Å². The Hall–Kier alpha value is -2.80. The lowest BCUT2D eigenvalue weighted by molar-refractivity contribution is 0.577. The lowest BCUT2D eigenvalue weighted by Gasteiger charge is -1.90. The predicted octanol–water partition coefficient (Wildman–Crippen LogP) is 2.10. The molecule has 0 unspecified atom stereocenters. The molecule has 0 saturated carbocycles. The van der Waals surface area contributed by atoms with Gasteiger partial charge in [-0.2, -0.15) is 9.50 Å². The summed E-state index contributed by atoms with van der Waals surface area (Å²) in [6, 6.07) is 9.50. The van der Waals surface area contributed by atoms with E-state index in [1.54, 1.807) is 30.3 Å². The average Bonchev–Trinajstić information content (AvgIpc) is 3.18. The van der Waals surface area contributed by atoms with Crippen LogP contribution in [0.1, 0.15) is 5.56 Å². The van der Waals surface area contributed by atoms with E-state index in [2.05, 4.69) is 10.1 Å². The quantitative estimate of drug-likeness (QED) is 0.568. The van der Waals surface area contributed by atoms with Gasteiger partial charge in [-0.15, -0.1) is 5.10 Å². The number of benzene rings is 1. The molecule has 4 aromatic rings. The van der Waals surface area contributed by atoms with Crippen molar-refractivity contribution in [3.63, 3.8) is 0 Å². The number of rotatable bonds is 2. The molecule has 4 rings (SSSR count). The molecule has 0 bridgehead atoms. The minimum Gasteiger partial charge on any atom is -0.461 e. The zero-order valence-corrected chi connectivity index (χ0v) is 11.9. The minimum atomic E-state index is -0.347. The first kappa shape index (κ1) is 12.9. The Kier molecular flexibility index (Phi) is 2.87. The highest BCUT2D eigenvalue weighted by Gasteiger charge is 2.13. The van der Waals surface area contributed by atoms with Crippen molar-refractivity contribution in [2.75, 3.05) is 0 Å². The fourth-order valence-corrected chi connectivity index (χ4v) is 3.00. The lowest BCUT2D eigenvalue weighted by atomic mass is 10.2. The van der Waals surface area contributed by atoms with E-state index in [4.69, 9.17) is 4.42 Å². The van der Waals surface area contributed by atoms with E-state index in [0.717, 1.165) is 0 Å². The molecule has 0 saturated heterocycles. The Morgan fingerprint density at radius 2 is 2.18 bits per heavy atom. The summed E-state index contributed by atoms with van der Waals surface area (Å²) < 4.78 is 20.1. The molecular weight excluding hydrogens is 305 g/mol. The third kappa shape index (κ3) is 2.11. The maximum absolute atomic E-state index is 13.2. The van der Waals surface area contributed by atoms with Gasteiger partial charge in [0.15, 0.2) is 5.76 Å². The van der Waals surface area contributed by atoms with Gasteiger partial charge in [0.2, 0.25) is 10.8 Å². The van der Waals surface area contributed by atoms with Crippen LogP contribution in [0.3, 0.4) is 0 Å². The summed E-state index contributed by atoms with van der Waals surface area (Å²) >= 11 is 1.20. The number of aromatic nitrogens is 3. The van der Waals surface area contributed by atoms with E-state index in [1.165, 1.54) is 34.2 Å². The molecule has 3 aromatic heterocycles. The molecule has 1 aromatic carbocycles. The summed E-state index contributed by atoms with van der Waals surface area (Å²) in [4.78, 5) is 17.1. The van der Waals surface area contributed by atoms with Crippen molar-refractivity contribution in [1.29, 1.82) is 0 Å². The SMILES string of the molecule is O=c1/c(=C\c2cccc(F)c2)sc2nc(-c3ccco3)nn12. The van der Waals surface area contributed by atoms with Crippen LogP contribution in [0, 0.1) is 5.82 Å². The molecule has 0 aliphatic rings. The van der Waals surface area contributed by atoms with Crippen molar-refractivity contribution in [3.05, 3.63) is 68.9 Å². The maximum Gasteiger partial charge on any atom is 0.291 e. The van der Waals surface area contributed by atoms with Crippen molar-refractivity contribution in [2.45, 2.75) is 0 Å². The molecule has 108 valence electrons. The minimum absolute atomic E-state index is 0.283. The number of hydrogen-bond acceptors (Lipinski definition) is 5. The number of halogens is 1. The summed E-state index contributed by atoms with van der Waals surface area (Å²) in [5.41, 5.74) is 0.336. The Balaban J connectivity index is 1.86. The topological polar surface area (TPSA) is 60.4 Å². The standard InChI is InChI=1S/C15H8FN3O2S/c16-10-4-1-3-9(7-10)8-12-14(20)19-15(22-12)17-13(18-19)11-5-2-6-21-11/h1-8H/b12-8+. The largest absolute Gasteiger partial charge is 0.461 e. The fraction of sp³-hybridized carbons (Fsp3) is 0. The normalized spacial score (nSPS) is 12.3. The molecule has 0 atom stereocenters. The molecule has 3 heterocycles. The summed E-state index contributed by atoms with van der Waals surface area (Å²) in [5.74, 6) is 0.525. The number of furan rings is 1. The van der Waals surface area contributed by atoms with Gasteiger partial charge in [-0.1, -0.05) is 23.5 Å². The van der Waals surface area contributed by atoms with Crippen LogP contribution >= 0.6 is 11.3 Å². The second kappa shape index (κ2) is 4.88. The van der Waals surface area contributed by atoms with E-state index in [-0.39, 0.29) is 11.4 Å². The van der Waals surface area contributed by atoms with E-state index in [9.17, 15) is 9.18 Å². The van der Waals surface area contributed by atoms with Gasteiger partial charge in [0.1, 0.15) is 5.82 Å². The summed E-state index contributed by atoms with van der Waals surface area (Å²) in [7, 11) is 0. The zero-order chi connectivity index (χ0) is 15.1. The third-order valence-corrected chi connectivity index (χ3v) is 4.03. The van der Waals surface area contributed by atoms with Gasteiger partial charge in [0.25, 0.3) is 5.56 Å². The van der Waals surface area contributed by atoms with Crippen molar-refractivity contribution >= 4 is 22.4 Å². The Morgan fingerprint density at radius 1 is 1.27 bits per heavy atom. The Labute approximate surface area is 127 Å². The fourth-order valence-electron chi connectivity index (χ4n) is 2.09. The van der Waals surface area contributed by atoms with Gasteiger partial charge >= 0.3 is 0 Å². The van der Waals surface area contributed by atoms with E-state index < -0.39 is 0 Å². The van der Waals surface area contributed by atoms with Gasteiger partial charge in [0.05, 0.1) is 10.8 Å². The number of fused-ring (bicyclic) bond motifs is 1. The molecule has 0 radical (unpaired) electrons. The van der Waals surface area contributed by atoms with Crippen LogP contribution in [0.15, 0.2) is 51.9 Å². The van der Waals surface area contributed by atoms with E-state index in [1.807, 2.05) is 0 Å². The van der Waals surface area contributed by atoms with Crippen molar-refractivity contribution < 1.29 is 8.81 Å². The van der Waals surface area contributed by atoms with Crippen LogP contribution in [0.4, 0.5) is 4.39 Å². The number of thiazole rings is 1. The van der Waals surface area contributed by atoms with Gasteiger partial charge in [-0.3, -0.25) is 4.79 Å². The lowest BCUT2D eigenvalue weighted by Crippen LogP contribution is -2.23. The number of nitrogens with zero attached hydrogens (tertiary/aromatic N) is 3. The van der Waals surface area contributed by atoms with Crippen LogP contribution in [-0.2, 0) is 0 Å². The van der Waals surface area contributed by atoms with Crippen LogP contribution in [0.5, 0.6) is 0 Å². The predicted molar refractivity (Wildman–Crippen MR) is 80.0 cm³/mol. The summed E-state index contributed by atoms with van der Waals surface area (Å²) in [5, 5.41) is 4.15. The second-order valence-corrected chi connectivity index (χ2v) is 5.59. The highest BCUT2D eigenvalue weighted by molar-refractivity contribution is 7.15. The van der Waals surface area contributed by atoms with Gasteiger partial charge in [-0.25, -0.2) is 4.39 Å². The first-order chi connectivity index (χ1) is 10.7. The Morgan fingerprint density at radius 3 is 2.91 bits per heavy atom. The van der Waals surface area contributed by atoms with Crippen molar-refractivity contribution in [3.8, 4) is 11.6 Å².